The third-order valence-corrected chi connectivity index (χ3v) is 4.21. The topological polar surface area (TPSA) is 59.6 Å². The number of fused-ring (bicyclic) bond motifs is 1. The van der Waals surface area contributed by atoms with Gasteiger partial charge in [0.05, 0.1) is 0 Å². The van der Waals surface area contributed by atoms with Crippen molar-refractivity contribution in [3.63, 3.8) is 0 Å². The highest BCUT2D eigenvalue weighted by atomic mass is 32.2. The monoisotopic (exact) mass is 330 g/mol. The van der Waals surface area contributed by atoms with Gasteiger partial charge >= 0.3 is 0 Å². The zero-order valence-corrected chi connectivity index (χ0v) is 13.8. The van der Waals surface area contributed by atoms with E-state index in [0.29, 0.717) is 17.2 Å². The van der Waals surface area contributed by atoms with Crippen molar-refractivity contribution >= 4 is 29.0 Å². The van der Waals surface area contributed by atoms with Crippen LogP contribution in [0, 0.1) is 0 Å². The third-order valence-electron chi connectivity index (χ3n) is 3.49. The van der Waals surface area contributed by atoms with E-state index in [-0.39, 0.29) is 18.7 Å². The number of hydrogen-bond acceptors (Lipinski definition) is 5. The lowest BCUT2D eigenvalue weighted by molar-refractivity contribution is -0.116. The molecule has 0 spiro atoms. The summed E-state index contributed by atoms with van der Waals surface area (Å²) >= 11 is 1.67. The molecule has 1 amide bonds. The van der Waals surface area contributed by atoms with E-state index < -0.39 is 0 Å². The van der Waals surface area contributed by atoms with Gasteiger partial charge in [-0.3, -0.25) is 4.79 Å². The van der Waals surface area contributed by atoms with Crippen molar-refractivity contribution in [3.05, 3.63) is 42.5 Å². The van der Waals surface area contributed by atoms with Crippen LogP contribution in [0.15, 0.2) is 47.4 Å². The molecule has 0 saturated carbocycles. The van der Waals surface area contributed by atoms with Crippen LogP contribution in [0.2, 0.25) is 0 Å². The Morgan fingerprint density at radius 3 is 2.78 bits per heavy atom. The van der Waals surface area contributed by atoms with Crippen molar-refractivity contribution in [1.82, 2.24) is 0 Å². The van der Waals surface area contributed by atoms with Gasteiger partial charge in [-0.15, -0.1) is 11.8 Å². The normalized spacial score (nSPS) is 13.5. The van der Waals surface area contributed by atoms with E-state index in [1.54, 1.807) is 30.0 Å². The number of thioether (sulfide) groups is 1. The zero-order chi connectivity index (χ0) is 16.2. The number of hydrogen-bond donors (Lipinski definition) is 2. The Morgan fingerprint density at radius 1 is 1.13 bits per heavy atom. The number of rotatable bonds is 5. The van der Waals surface area contributed by atoms with Gasteiger partial charge in [0.15, 0.2) is 11.5 Å². The molecular formula is C17H18N2O3S. The molecule has 2 N–H and O–H groups in total. The van der Waals surface area contributed by atoms with E-state index in [4.69, 9.17) is 9.47 Å². The largest absolute Gasteiger partial charge is 0.454 e. The fourth-order valence-electron chi connectivity index (χ4n) is 2.25. The summed E-state index contributed by atoms with van der Waals surface area (Å²) in [6.45, 7) is 2.05. The van der Waals surface area contributed by atoms with Gasteiger partial charge in [-0.05, 0) is 43.5 Å². The van der Waals surface area contributed by atoms with Crippen molar-refractivity contribution in [3.8, 4) is 11.5 Å². The number of carbonyl (C=O) groups excluding carboxylic acids is 1. The van der Waals surface area contributed by atoms with E-state index in [0.717, 1.165) is 10.6 Å². The van der Waals surface area contributed by atoms with Crippen LogP contribution >= 0.6 is 11.8 Å². The van der Waals surface area contributed by atoms with Crippen LogP contribution in [0.25, 0.3) is 0 Å². The highest BCUT2D eigenvalue weighted by Crippen LogP contribution is 2.34. The van der Waals surface area contributed by atoms with Gasteiger partial charge in [0.25, 0.3) is 0 Å². The molecule has 1 atom stereocenters. The van der Waals surface area contributed by atoms with Crippen LogP contribution in [-0.2, 0) is 4.79 Å². The number of nitrogens with one attached hydrogen (secondary N) is 2. The predicted octanol–water partition coefficient (Wildman–Crippen LogP) is 3.58. The maximum atomic E-state index is 12.3. The van der Waals surface area contributed by atoms with Crippen LogP contribution in [0.5, 0.6) is 11.5 Å². The molecule has 0 aromatic heterocycles. The van der Waals surface area contributed by atoms with Gasteiger partial charge < -0.3 is 20.1 Å². The second kappa shape index (κ2) is 6.83. The first-order valence-corrected chi connectivity index (χ1v) is 8.49. The van der Waals surface area contributed by atoms with Gasteiger partial charge in [0, 0.05) is 22.3 Å². The molecule has 1 aliphatic rings. The number of amides is 1. The van der Waals surface area contributed by atoms with Gasteiger partial charge in [0.1, 0.15) is 6.04 Å². The first kappa shape index (κ1) is 15.6. The molecule has 3 rings (SSSR count). The van der Waals surface area contributed by atoms with Crippen LogP contribution < -0.4 is 20.1 Å². The van der Waals surface area contributed by atoms with E-state index in [1.807, 2.05) is 37.4 Å². The SMILES string of the molecule is CSc1cccc(N[C@H](C)C(=O)Nc2ccc3c(c2)OCO3)c1. The Kier molecular flexibility index (Phi) is 4.62. The number of anilines is 2. The first-order valence-electron chi connectivity index (χ1n) is 7.27. The standard InChI is InChI=1S/C17H18N2O3S/c1-11(18-12-4-3-5-14(8-12)23-2)17(20)19-13-6-7-15-16(9-13)22-10-21-15/h3-9,11,18H,10H2,1-2H3,(H,19,20)/t11-/m1/s1. The van der Waals surface area contributed by atoms with E-state index in [2.05, 4.69) is 10.6 Å². The Balaban J connectivity index is 1.63. The summed E-state index contributed by atoms with van der Waals surface area (Å²) in [7, 11) is 0. The second-order valence-corrected chi connectivity index (χ2v) is 6.03. The molecule has 1 aliphatic heterocycles. The maximum absolute atomic E-state index is 12.3. The van der Waals surface area contributed by atoms with Crippen molar-refractivity contribution in [2.45, 2.75) is 17.9 Å². The van der Waals surface area contributed by atoms with Crippen molar-refractivity contribution in [2.24, 2.45) is 0 Å². The van der Waals surface area contributed by atoms with E-state index in [1.165, 1.54) is 0 Å². The molecule has 2 aromatic rings. The summed E-state index contributed by atoms with van der Waals surface area (Å²) in [5.41, 5.74) is 1.61. The maximum Gasteiger partial charge on any atom is 0.246 e. The van der Waals surface area contributed by atoms with Crippen molar-refractivity contribution in [1.29, 1.82) is 0 Å². The smallest absolute Gasteiger partial charge is 0.246 e. The first-order chi connectivity index (χ1) is 11.2. The van der Waals surface area contributed by atoms with Gasteiger partial charge in [0.2, 0.25) is 12.7 Å². The molecule has 0 aliphatic carbocycles. The molecule has 5 nitrogen and oxygen atoms in total. The molecular weight excluding hydrogens is 312 g/mol. The fourth-order valence-corrected chi connectivity index (χ4v) is 2.71. The summed E-state index contributed by atoms with van der Waals surface area (Å²) in [6.07, 6.45) is 2.02. The van der Waals surface area contributed by atoms with Crippen LogP contribution in [0.3, 0.4) is 0 Å². The lowest BCUT2D eigenvalue weighted by atomic mass is 10.2. The molecule has 2 aromatic carbocycles. The third kappa shape index (κ3) is 3.71. The lowest BCUT2D eigenvalue weighted by Gasteiger charge is -2.16. The van der Waals surface area contributed by atoms with Crippen molar-refractivity contribution in [2.75, 3.05) is 23.7 Å². The summed E-state index contributed by atoms with van der Waals surface area (Å²) < 4.78 is 10.6. The molecule has 0 unspecified atom stereocenters. The fraction of sp³-hybridized carbons (Fsp3) is 0.235. The number of carbonyl (C=O) groups is 1. The summed E-state index contributed by atoms with van der Waals surface area (Å²) in [6, 6.07) is 13.0. The van der Waals surface area contributed by atoms with Gasteiger partial charge in [-0.1, -0.05) is 6.07 Å². The highest BCUT2D eigenvalue weighted by molar-refractivity contribution is 7.98. The number of benzene rings is 2. The second-order valence-electron chi connectivity index (χ2n) is 5.16. The quantitative estimate of drug-likeness (QED) is 0.821. The Morgan fingerprint density at radius 2 is 1.96 bits per heavy atom. The van der Waals surface area contributed by atoms with Crippen LogP contribution in [-0.4, -0.2) is 25.0 Å². The highest BCUT2D eigenvalue weighted by Gasteiger charge is 2.16. The van der Waals surface area contributed by atoms with E-state index in [9.17, 15) is 4.79 Å². The minimum Gasteiger partial charge on any atom is -0.454 e. The summed E-state index contributed by atoms with van der Waals surface area (Å²) in [5, 5.41) is 6.09. The summed E-state index contributed by atoms with van der Waals surface area (Å²) in [5.74, 6) is 1.23. The molecule has 6 heteroatoms. The van der Waals surface area contributed by atoms with Crippen molar-refractivity contribution < 1.29 is 14.3 Å². The minimum atomic E-state index is -0.363. The molecule has 23 heavy (non-hydrogen) atoms. The van der Waals surface area contributed by atoms with Crippen LogP contribution in [0.4, 0.5) is 11.4 Å². The molecule has 0 radical (unpaired) electrons. The Bertz CT molecular complexity index is 721. The lowest BCUT2D eigenvalue weighted by Crippen LogP contribution is -2.31. The molecule has 0 bridgehead atoms. The summed E-state index contributed by atoms with van der Waals surface area (Å²) in [4.78, 5) is 13.5. The predicted molar refractivity (Wildman–Crippen MR) is 92.5 cm³/mol. The average Bonchev–Trinajstić information content (AvgIpc) is 3.02. The zero-order valence-electron chi connectivity index (χ0n) is 13.0. The van der Waals surface area contributed by atoms with Crippen LogP contribution in [0.1, 0.15) is 6.92 Å². The average molecular weight is 330 g/mol. The van der Waals surface area contributed by atoms with E-state index >= 15 is 0 Å². The van der Waals surface area contributed by atoms with Gasteiger partial charge in [-0.25, -0.2) is 0 Å². The van der Waals surface area contributed by atoms with Gasteiger partial charge in [-0.2, -0.15) is 0 Å². The Labute approximate surface area is 139 Å². The Hall–Kier alpha value is -2.34. The molecule has 120 valence electrons. The molecule has 0 saturated heterocycles. The molecule has 1 heterocycles. The minimum absolute atomic E-state index is 0.113. The molecule has 0 fully saturated rings. The number of ether oxygens (including phenoxy) is 2.